The maximum absolute atomic E-state index is 11.7. The molecular formula is C14H21N3O. The summed E-state index contributed by atoms with van der Waals surface area (Å²) in [7, 11) is 0. The van der Waals surface area contributed by atoms with Crippen LogP contribution in [0.1, 0.15) is 44.9 Å². The van der Waals surface area contributed by atoms with E-state index >= 15 is 0 Å². The first-order chi connectivity index (χ1) is 8.63. The van der Waals surface area contributed by atoms with E-state index in [0.717, 1.165) is 36.6 Å². The maximum atomic E-state index is 11.7. The van der Waals surface area contributed by atoms with Gasteiger partial charge in [-0.1, -0.05) is 20.3 Å². The Kier molecular flexibility index (Phi) is 2.88. The second-order valence-electron chi connectivity index (χ2n) is 6.00. The third-order valence-electron chi connectivity index (χ3n) is 4.34. The molecule has 0 spiro atoms. The molecule has 2 fully saturated rings. The van der Waals surface area contributed by atoms with Crippen LogP contribution in [0, 0.1) is 11.8 Å². The minimum atomic E-state index is -0.0271. The zero-order chi connectivity index (χ0) is 12.7. The molecule has 18 heavy (non-hydrogen) atoms. The van der Waals surface area contributed by atoms with Gasteiger partial charge in [0.2, 0.25) is 0 Å². The summed E-state index contributed by atoms with van der Waals surface area (Å²) in [5, 5.41) is 0. The Morgan fingerprint density at radius 1 is 1.33 bits per heavy atom. The van der Waals surface area contributed by atoms with Gasteiger partial charge in [0, 0.05) is 25.1 Å². The van der Waals surface area contributed by atoms with Crippen LogP contribution in [0.25, 0.3) is 0 Å². The Labute approximate surface area is 107 Å². The Morgan fingerprint density at radius 2 is 2.00 bits per heavy atom. The second kappa shape index (κ2) is 4.41. The van der Waals surface area contributed by atoms with Crippen LogP contribution in [0.2, 0.25) is 0 Å². The Bertz CT molecular complexity index is 482. The number of anilines is 1. The Hall–Kier alpha value is -1.32. The number of rotatable bonds is 2. The van der Waals surface area contributed by atoms with Gasteiger partial charge >= 0.3 is 0 Å². The lowest BCUT2D eigenvalue weighted by Gasteiger charge is -2.19. The molecule has 98 valence electrons. The highest BCUT2D eigenvalue weighted by molar-refractivity contribution is 5.39. The molecule has 1 aromatic rings. The van der Waals surface area contributed by atoms with E-state index in [-0.39, 0.29) is 11.5 Å². The Balaban J connectivity index is 1.86. The van der Waals surface area contributed by atoms with Crippen molar-refractivity contribution < 1.29 is 0 Å². The molecule has 3 rings (SSSR count). The number of H-pyrrole nitrogens is 1. The van der Waals surface area contributed by atoms with Crippen molar-refractivity contribution in [2.75, 3.05) is 18.0 Å². The minimum Gasteiger partial charge on any atom is -0.356 e. The molecular weight excluding hydrogens is 226 g/mol. The van der Waals surface area contributed by atoms with Crippen molar-refractivity contribution in [1.29, 1.82) is 0 Å². The predicted octanol–water partition coefficient (Wildman–Crippen LogP) is 2.13. The van der Waals surface area contributed by atoms with Gasteiger partial charge in [0.15, 0.2) is 0 Å². The zero-order valence-corrected chi connectivity index (χ0v) is 11.1. The first-order valence-corrected chi connectivity index (χ1v) is 6.99. The number of hydrogen-bond donors (Lipinski definition) is 1. The molecule has 1 aliphatic carbocycles. The normalized spacial score (nSPS) is 26.9. The van der Waals surface area contributed by atoms with Crippen molar-refractivity contribution in [1.82, 2.24) is 9.97 Å². The van der Waals surface area contributed by atoms with Crippen LogP contribution in [0.5, 0.6) is 0 Å². The monoisotopic (exact) mass is 247 g/mol. The zero-order valence-electron chi connectivity index (χ0n) is 11.1. The first-order valence-electron chi connectivity index (χ1n) is 6.99. The SMILES string of the molecule is CC(C)c1nc(N2CC3CCCC3C2)cc(=O)[nH]1. The highest BCUT2D eigenvalue weighted by Gasteiger charge is 2.36. The molecule has 1 N–H and O–H groups in total. The highest BCUT2D eigenvalue weighted by atomic mass is 16.1. The van der Waals surface area contributed by atoms with E-state index in [1.807, 2.05) is 0 Å². The van der Waals surface area contributed by atoms with Crippen molar-refractivity contribution in [3.8, 4) is 0 Å². The van der Waals surface area contributed by atoms with Crippen LogP contribution in [0.15, 0.2) is 10.9 Å². The summed E-state index contributed by atoms with van der Waals surface area (Å²) < 4.78 is 0. The maximum Gasteiger partial charge on any atom is 0.252 e. The van der Waals surface area contributed by atoms with E-state index in [2.05, 4.69) is 28.7 Å². The number of hydrogen-bond acceptors (Lipinski definition) is 3. The molecule has 0 bridgehead atoms. The van der Waals surface area contributed by atoms with Crippen LogP contribution < -0.4 is 10.5 Å². The molecule has 0 radical (unpaired) electrons. The second-order valence-corrected chi connectivity index (χ2v) is 6.00. The molecule has 0 amide bonds. The average Bonchev–Trinajstić information content (AvgIpc) is 2.87. The van der Waals surface area contributed by atoms with Gasteiger partial charge in [-0.3, -0.25) is 4.79 Å². The summed E-state index contributed by atoms with van der Waals surface area (Å²) >= 11 is 0. The van der Waals surface area contributed by atoms with Gasteiger partial charge in [-0.25, -0.2) is 4.98 Å². The fraction of sp³-hybridized carbons (Fsp3) is 0.714. The Morgan fingerprint density at radius 3 is 2.61 bits per heavy atom. The van der Waals surface area contributed by atoms with Gasteiger partial charge in [-0.05, 0) is 24.7 Å². The van der Waals surface area contributed by atoms with Gasteiger partial charge in [-0.2, -0.15) is 0 Å². The van der Waals surface area contributed by atoms with E-state index in [1.165, 1.54) is 19.3 Å². The van der Waals surface area contributed by atoms with Crippen molar-refractivity contribution in [2.45, 2.75) is 39.0 Å². The quantitative estimate of drug-likeness (QED) is 0.871. The summed E-state index contributed by atoms with van der Waals surface area (Å²) in [4.78, 5) is 21.4. The fourth-order valence-electron chi connectivity index (χ4n) is 3.32. The van der Waals surface area contributed by atoms with Gasteiger partial charge in [0.1, 0.15) is 11.6 Å². The van der Waals surface area contributed by atoms with Crippen LogP contribution in [0.4, 0.5) is 5.82 Å². The summed E-state index contributed by atoms with van der Waals surface area (Å²) in [5.74, 6) is 3.59. The molecule has 4 heteroatoms. The fourth-order valence-corrected chi connectivity index (χ4v) is 3.32. The molecule has 4 nitrogen and oxygen atoms in total. The van der Waals surface area contributed by atoms with E-state index in [9.17, 15) is 4.79 Å². The third kappa shape index (κ3) is 2.04. The van der Waals surface area contributed by atoms with Gasteiger partial charge in [0.05, 0.1) is 0 Å². The van der Waals surface area contributed by atoms with E-state index < -0.39 is 0 Å². The summed E-state index contributed by atoms with van der Waals surface area (Å²) in [6.45, 7) is 6.28. The molecule has 1 aliphatic heterocycles. The standard InChI is InChI=1S/C14H21N3O/c1-9(2)14-15-12(6-13(18)16-14)17-7-10-4-3-5-11(10)8-17/h6,9-11H,3-5,7-8H2,1-2H3,(H,15,16,18). The summed E-state index contributed by atoms with van der Waals surface area (Å²) in [5.41, 5.74) is -0.0271. The van der Waals surface area contributed by atoms with Crippen molar-refractivity contribution in [3.05, 3.63) is 22.2 Å². The average molecular weight is 247 g/mol. The number of aromatic nitrogens is 2. The summed E-state index contributed by atoms with van der Waals surface area (Å²) in [6.07, 6.45) is 4.08. The number of aromatic amines is 1. The van der Waals surface area contributed by atoms with Crippen molar-refractivity contribution in [2.24, 2.45) is 11.8 Å². The number of nitrogens with one attached hydrogen (secondary N) is 1. The first kappa shape index (κ1) is 11.8. The predicted molar refractivity (Wildman–Crippen MR) is 72.0 cm³/mol. The van der Waals surface area contributed by atoms with Crippen LogP contribution in [-0.2, 0) is 0 Å². The lowest BCUT2D eigenvalue weighted by Crippen LogP contribution is -2.25. The largest absolute Gasteiger partial charge is 0.356 e. The van der Waals surface area contributed by atoms with E-state index in [1.54, 1.807) is 6.07 Å². The van der Waals surface area contributed by atoms with Crippen LogP contribution >= 0.6 is 0 Å². The molecule has 2 atom stereocenters. The minimum absolute atomic E-state index is 0.0271. The van der Waals surface area contributed by atoms with Crippen LogP contribution in [-0.4, -0.2) is 23.1 Å². The van der Waals surface area contributed by atoms with Gasteiger partial charge in [0.25, 0.3) is 5.56 Å². The van der Waals surface area contributed by atoms with Crippen LogP contribution in [0.3, 0.4) is 0 Å². The van der Waals surface area contributed by atoms with Gasteiger partial charge < -0.3 is 9.88 Å². The number of nitrogens with zero attached hydrogens (tertiary/aromatic N) is 2. The summed E-state index contributed by atoms with van der Waals surface area (Å²) in [6, 6.07) is 1.65. The molecule has 2 aliphatic rings. The molecule has 1 saturated carbocycles. The lowest BCUT2D eigenvalue weighted by molar-refractivity contribution is 0.494. The third-order valence-corrected chi connectivity index (χ3v) is 4.34. The topological polar surface area (TPSA) is 49.0 Å². The molecule has 2 unspecified atom stereocenters. The lowest BCUT2D eigenvalue weighted by atomic mass is 10.0. The molecule has 2 heterocycles. The molecule has 1 aromatic heterocycles. The highest BCUT2D eigenvalue weighted by Crippen LogP contribution is 2.38. The smallest absolute Gasteiger partial charge is 0.252 e. The van der Waals surface area contributed by atoms with E-state index in [0.29, 0.717) is 0 Å². The molecule has 1 saturated heterocycles. The van der Waals surface area contributed by atoms with Crippen molar-refractivity contribution >= 4 is 5.82 Å². The van der Waals surface area contributed by atoms with E-state index in [4.69, 9.17) is 0 Å². The van der Waals surface area contributed by atoms with Crippen molar-refractivity contribution in [3.63, 3.8) is 0 Å². The van der Waals surface area contributed by atoms with Gasteiger partial charge in [-0.15, -0.1) is 0 Å². The number of fused-ring (bicyclic) bond motifs is 1. The molecule has 0 aromatic carbocycles.